The second kappa shape index (κ2) is 6.43. The van der Waals surface area contributed by atoms with Gasteiger partial charge in [0.15, 0.2) is 0 Å². The van der Waals surface area contributed by atoms with Gasteiger partial charge in [-0.1, -0.05) is 12.1 Å². The van der Waals surface area contributed by atoms with Gasteiger partial charge in [0.2, 0.25) is 0 Å². The molecule has 0 aliphatic carbocycles. The summed E-state index contributed by atoms with van der Waals surface area (Å²) < 4.78 is 5.79. The maximum Gasteiger partial charge on any atom is 0.141 e. The van der Waals surface area contributed by atoms with E-state index in [-0.39, 0.29) is 5.75 Å². The minimum Gasteiger partial charge on any atom is -0.506 e. The van der Waals surface area contributed by atoms with Crippen LogP contribution in [0.3, 0.4) is 0 Å². The molecule has 122 valence electrons. The summed E-state index contributed by atoms with van der Waals surface area (Å²) in [6, 6.07) is 7.75. The van der Waals surface area contributed by atoms with Crippen molar-refractivity contribution in [2.45, 2.75) is 25.6 Å². The molecule has 2 saturated heterocycles. The third-order valence-corrected chi connectivity index (χ3v) is 4.95. The summed E-state index contributed by atoms with van der Waals surface area (Å²) in [7, 11) is 0. The average molecular weight is 313 g/mol. The Morgan fingerprint density at radius 3 is 2.83 bits per heavy atom. The van der Waals surface area contributed by atoms with Gasteiger partial charge in [-0.05, 0) is 30.5 Å². The highest BCUT2D eigenvalue weighted by Gasteiger charge is 2.27. The van der Waals surface area contributed by atoms with Crippen LogP contribution in [0.5, 0.6) is 5.75 Å². The molecule has 4 rings (SSSR count). The van der Waals surface area contributed by atoms with E-state index in [0.717, 1.165) is 44.7 Å². The van der Waals surface area contributed by atoms with Crippen molar-refractivity contribution in [2.75, 3.05) is 32.8 Å². The number of hydrogen-bond donors (Lipinski definition) is 1. The lowest BCUT2D eigenvalue weighted by molar-refractivity contribution is -0.0430. The Kier molecular flexibility index (Phi) is 4.16. The minimum atomic E-state index is 0.257. The Balaban J connectivity index is 1.44. The number of rotatable bonds is 3. The van der Waals surface area contributed by atoms with Crippen LogP contribution >= 0.6 is 0 Å². The molecule has 5 nitrogen and oxygen atoms in total. The van der Waals surface area contributed by atoms with Crippen molar-refractivity contribution in [2.24, 2.45) is 0 Å². The molecule has 23 heavy (non-hydrogen) atoms. The highest BCUT2D eigenvalue weighted by Crippen LogP contribution is 2.27. The molecule has 0 saturated carbocycles. The van der Waals surface area contributed by atoms with Crippen LogP contribution in [0.25, 0.3) is 10.9 Å². The van der Waals surface area contributed by atoms with Crippen molar-refractivity contribution in [1.82, 2.24) is 14.8 Å². The van der Waals surface area contributed by atoms with Gasteiger partial charge in [-0.2, -0.15) is 0 Å². The molecule has 0 radical (unpaired) electrons. The predicted octanol–water partition coefficient (Wildman–Crippen LogP) is 2.19. The third kappa shape index (κ3) is 3.04. The molecular weight excluding hydrogens is 290 g/mol. The molecule has 0 amide bonds. The first kappa shape index (κ1) is 14.9. The largest absolute Gasteiger partial charge is 0.506 e. The first-order valence-corrected chi connectivity index (χ1v) is 8.45. The van der Waals surface area contributed by atoms with E-state index in [1.54, 1.807) is 12.3 Å². The Bertz CT molecular complexity index is 677. The molecule has 3 heterocycles. The first-order valence-electron chi connectivity index (χ1n) is 8.45. The molecule has 1 aromatic heterocycles. The number of nitrogens with zero attached hydrogens (tertiary/aromatic N) is 3. The summed E-state index contributed by atoms with van der Waals surface area (Å²) in [5, 5.41) is 11.0. The lowest BCUT2D eigenvalue weighted by atomic mass is 10.1. The van der Waals surface area contributed by atoms with Crippen molar-refractivity contribution >= 4 is 10.9 Å². The number of pyridine rings is 1. The quantitative estimate of drug-likeness (QED) is 0.941. The predicted molar refractivity (Wildman–Crippen MR) is 89.2 cm³/mol. The zero-order chi connectivity index (χ0) is 15.6. The van der Waals surface area contributed by atoms with E-state index in [1.165, 1.54) is 18.4 Å². The number of ether oxygens (including phenoxy) is 1. The standard InChI is InChI=1S/C18H23N3O2/c22-16-6-5-14(15-3-1-7-19-18(15)16)13-20-8-10-21(11-9-20)17-4-2-12-23-17/h1,3,5-7,17,22H,2,4,8-13H2. The van der Waals surface area contributed by atoms with Gasteiger partial charge in [-0.25, -0.2) is 0 Å². The van der Waals surface area contributed by atoms with Crippen LogP contribution in [0.15, 0.2) is 30.5 Å². The second-order valence-electron chi connectivity index (χ2n) is 6.42. The summed E-state index contributed by atoms with van der Waals surface area (Å²) in [5.74, 6) is 0.257. The van der Waals surface area contributed by atoms with Crippen LogP contribution < -0.4 is 0 Å². The van der Waals surface area contributed by atoms with Crippen LogP contribution in [0.1, 0.15) is 18.4 Å². The maximum atomic E-state index is 9.96. The summed E-state index contributed by atoms with van der Waals surface area (Å²) >= 11 is 0. The minimum absolute atomic E-state index is 0.257. The van der Waals surface area contributed by atoms with Gasteiger partial charge in [-0.3, -0.25) is 14.8 Å². The van der Waals surface area contributed by atoms with Gasteiger partial charge >= 0.3 is 0 Å². The van der Waals surface area contributed by atoms with Crippen LogP contribution in [0, 0.1) is 0 Å². The Hall–Kier alpha value is -1.69. The van der Waals surface area contributed by atoms with Crippen molar-refractivity contribution in [3.05, 3.63) is 36.0 Å². The van der Waals surface area contributed by atoms with Crippen LogP contribution in [0.2, 0.25) is 0 Å². The fourth-order valence-electron chi connectivity index (χ4n) is 3.65. The monoisotopic (exact) mass is 313 g/mol. The normalized spacial score (nSPS) is 23.6. The highest BCUT2D eigenvalue weighted by molar-refractivity contribution is 5.87. The van der Waals surface area contributed by atoms with Gasteiger partial charge in [0.05, 0.1) is 0 Å². The fourth-order valence-corrected chi connectivity index (χ4v) is 3.65. The van der Waals surface area contributed by atoms with Crippen LogP contribution in [0.4, 0.5) is 0 Å². The van der Waals surface area contributed by atoms with E-state index in [0.29, 0.717) is 11.7 Å². The van der Waals surface area contributed by atoms with E-state index in [1.807, 2.05) is 18.2 Å². The number of fused-ring (bicyclic) bond motifs is 1. The average Bonchev–Trinajstić information content (AvgIpc) is 3.13. The van der Waals surface area contributed by atoms with Crippen molar-refractivity contribution in [3.8, 4) is 5.75 Å². The molecule has 1 unspecified atom stereocenters. The van der Waals surface area contributed by atoms with E-state index < -0.39 is 0 Å². The lowest BCUT2D eigenvalue weighted by Crippen LogP contribution is -2.49. The molecule has 1 aromatic carbocycles. The SMILES string of the molecule is Oc1ccc(CN2CCN(C3CCCO3)CC2)c2cccnc12. The van der Waals surface area contributed by atoms with Crippen LogP contribution in [-0.4, -0.2) is 58.9 Å². The summed E-state index contributed by atoms with van der Waals surface area (Å²) in [6.45, 7) is 6.07. The van der Waals surface area contributed by atoms with E-state index in [2.05, 4.69) is 14.8 Å². The first-order chi connectivity index (χ1) is 11.3. The molecule has 1 N–H and O–H groups in total. The van der Waals surface area contributed by atoms with Crippen molar-refractivity contribution in [3.63, 3.8) is 0 Å². The molecular formula is C18H23N3O2. The zero-order valence-corrected chi connectivity index (χ0v) is 13.3. The number of phenols is 1. The van der Waals surface area contributed by atoms with E-state index >= 15 is 0 Å². The molecule has 2 fully saturated rings. The number of phenolic OH excluding ortho intramolecular Hbond substituents is 1. The van der Waals surface area contributed by atoms with E-state index in [4.69, 9.17) is 4.74 Å². The highest BCUT2D eigenvalue weighted by atomic mass is 16.5. The van der Waals surface area contributed by atoms with Gasteiger partial charge in [0, 0.05) is 50.9 Å². The van der Waals surface area contributed by atoms with Gasteiger partial charge in [-0.15, -0.1) is 0 Å². The Labute approximate surface area is 136 Å². The smallest absolute Gasteiger partial charge is 0.141 e. The number of aromatic hydroxyl groups is 1. The number of aromatic nitrogens is 1. The maximum absolute atomic E-state index is 9.96. The molecule has 2 aromatic rings. The van der Waals surface area contributed by atoms with Gasteiger partial charge < -0.3 is 9.84 Å². The number of hydrogen-bond acceptors (Lipinski definition) is 5. The van der Waals surface area contributed by atoms with Gasteiger partial charge in [0.25, 0.3) is 0 Å². The Morgan fingerprint density at radius 2 is 2.04 bits per heavy atom. The number of benzene rings is 1. The van der Waals surface area contributed by atoms with Crippen LogP contribution in [-0.2, 0) is 11.3 Å². The van der Waals surface area contributed by atoms with Crippen molar-refractivity contribution < 1.29 is 9.84 Å². The Morgan fingerprint density at radius 1 is 1.17 bits per heavy atom. The second-order valence-corrected chi connectivity index (χ2v) is 6.42. The van der Waals surface area contributed by atoms with Gasteiger partial charge in [0.1, 0.15) is 17.5 Å². The number of piperazine rings is 1. The molecule has 2 aliphatic heterocycles. The topological polar surface area (TPSA) is 48.8 Å². The summed E-state index contributed by atoms with van der Waals surface area (Å²) in [5.41, 5.74) is 1.93. The van der Waals surface area contributed by atoms with E-state index in [9.17, 15) is 5.11 Å². The molecule has 2 aliphatic rings. The summed E-state index contributed by atoms with van der Waals surface area (Å²) in [4.78, 5) is 9.25. The summed E-state index contributed by atoms with van der Waals surface area (Å²) in [6.07, 6.45) is 4.44. The molecule has 0 bridgehead atoms. The third-order valence-electron chi connectivity index (χ3n) is 4.95. The zero-order valence-electron chi connectivity index (χ0n) is 13.3. The van der Waals surface area contributed by atoms with Crippen molar-refractivity contribution in [1.29, 1.82) is 0 Å². The fraction of sp³-hybridized carbons (Fsp3) is 0.500. The molecule has 5 heteroatoms. The lowest BCUT2D eigenvalue weighted by Gasteiger charge is -2.37. The molecule has 1 atom stereocenters. The molecule has 0 spiro atoms.